The van der Waals surface area contributed by atoms with E-state index < -0.39 is 10.8 Å². The van der Waals surface area contributed by atoms with Crippen molar-refractivity contribution in [2.75, 3.05) is 16.6 Å². The molecular weight excluding hydrogens is 212 g/mol. The van der Waals surface area contributed by atoms with Gasteiger partial charge in [0.15, 0.2) is 5.08 Å². The summed E-state index contributed by atoms with van der Waals surface area (Å²) in [4.78, 5) is 0.993. The fraction of sp³-hybridized carbons (Fsp3) is 0.455. The second-order valence-corrected chi connectivity index (χ2v) is 7.65. The molecule has 1 saturated heterocycles. The third kappa shape index (κ3) is 2.61. The number of hydrogen-bond donors (Lipinski definition) is 0. The molecule has 1 aliphatic rings. The van der Waals surface area contributed by atoms with Gasteiger partial charge in [0.2, 0.25) is 0 Å². The molecule has 1 unspecified atom stereocenters. The Kier molecular flexibility index (Phi) is 3.65. The van der Waals surface area contributed by atoms with E-state index >= 15 is 0 Å². The molecule has 1 nitrogen and oxygen atoms in total. The average molecular weight is 227 g/mol. The van der Waals surface area contributed by atoms with Crippen LogP contribution in [0.1, 0.15) is 12.8 Å². The molecule has 0 N–H and O–H groups in total. The summed E-state index contributed by atoms with van der Waals surface area (Å²) in [6, 6.07) is 9.83. The largest absolute Gasteiger partial charge is 0.249 e. The number of hydrogen-bond acceptors (Lipinski definition) is 1. The molecule has 0 aliphatic carbocycles. The van der Waals surface area contributed by atoms with E-state index in [2.05, 4.69) is 0 Å². The molecule has 0 bridgehead atoms. The summed E-state index contributed by atoms with van der Waals surface area (Å²) in [7, 11) is -0.319. The summed E-state index contributed by atoms with van der Waals surface area (Å²) in [5.74, 6) is 2.61. The average Bonchev–Trinajstić information content (AvgIpc) is 2.72. The summed E-state index contributed by atoms with van der Waals surface area (Å²) in [6.45, 7) is 0. The first-order chi connectivity index (χ1) is 6.86. The summed E-state index contributed by atoms with van der Waals surface area (Å²) in [5.41, 5.74) is 0. The predicted octanol–water partition coefficient (Wildman–Crippen LogP) is 2.16. The standard InChI is InChI=1S/C11H15OS2/c12-14(10-13-8-4-5-9-13)11-6-2-1-3-7-11/h1-3,6-7H,4-5,8-10H2/q+1. The Morgan fingerprint density at radius 3 is 2.43 bits per heavy atom. The topological polar surface area (TPSA) is 17.1 Å². The SMILES string of the molecule is O=S(C[S+]1CCCC1)c1ccccc1. The Labute approximate surface area is 90.7 Å². The van der Waals surface area contributed by atoms with Crippen molar-refractivity contribution < 1.29 is 4.21 Å². The summed E-state index contributed by atoms with van der Waals surface area (Å²) >= 11 is 0. The van der Waals surface area contributed by atoms with E-state index in [4.69, 9.17) is 0 Å². The smallest absolute Gasteiger partial charge is 0.186 e. The Balaban J connectivity index is 1.95. The van der Waals surface area contributed by atoms with Crippen LogP contribution in [0, 0.1) is 0 Å². The van der Waals surface area contributed by atoms with Crippen molar-refractivity contribution in [2.24, 2.45) is 0 Å². The highest BCUT2D eigenvalue weighted by Crippen LogP contribution is 2.17. The van der Waals surface area contributed by atoms with Gasteiger partial charge in [-0.2, -0.15) is 0 Å². The van der Waals surface area contributed by atoms with Crippen molar-refractivity contribution in [1.29, 1.82) is 0 Å². The van der Waals surface area contributed by atoms with Gasteiger partial charge in [0.1, 0.15) is 22.3 Å². The van der Waals surface area contributed by atoms with E-state index in [1.807, 2.05) is 30.3 Å². The summed E-state index contributed by atoms with van der Waals surface area (Å²) < 4.78 is 11.9. The Hall–Kier alpha value is -0.280. The maximum atomic E-state index is 11.9. The van der Waals surface area contributed by atoms with E-state index in [1.165, 1.54) is 24.3 Å². The fourth-order valence-electron chi connectivity index (χ4n) is 1.62. The summed E-state index contributed by atoms with van der Waals surface area (Å²) in [6.07, 6.45) is 2.68. The van der Waals surface area contributed by atoms with Crippen LogP contribution in [0.5, 0.6) is 0 Å². The van der Waals surface area contributed by atoms with Crippen molar-refractivity contribution in [1.82, 2.24) is 0 Å². The maximum Gasteiger partial charge on any atom is 0.186 e. The minimum atomic E-state index is -0.761. The molecule has 0 aromatic heterocycles. The van der Waals surface area contributed by atoms with Crippen LogP contribution in [0.3, 0.4) is 0 Å². The van der Waals surface area contributed by atoms with Crippen LogP contribution in [0.15, 0.2) is 35.2 Å². The van der Waals surface area contributed by atoms with Gasteiger partial charge in [-0.15, -0.1) is 0 Å². The highest BCUT2D eigenvalue weighted by molar-refractivity contribution is 8.08. The molecule has 1 fully saturated rings. The predicted molar refractivity (Wildman–Crippen MR) is 64.1 cm³/mol. The molecule has 76 valence electrons. The molecule has 14 heavy (non-hydrogen) atoms. The first-order valence-electron chi connectivity index (χ1n) is 4.94. The highest BCUT2D eigenvalue weighted by atomic mass is 32.3. The van der Waals surface area contributed by atoms with Gasteiger partial charge in [0.25, 0.3) is 0 Å². The highest BCUT2D eigenvalue weighted by Gasteiger charge is 2.26. The van der Waals surface area contributed by atoms with Gasteiger partial charge in [-0.1, -0.05) is 18.2 Å². The van der Waals surface area contributed by atoms with Crippen molar-refractivity contribution in [2.45, 2.75) is 17.7 Å². The zero-order chi connectivity index (χ0) is 9.80. The first-order valence-corrected chi connectivity index (χ1v) is 7.99. The first kappa shape index (κ1) is 10.2. The van der Waals surface area contributed by atoms with E-state index in [1.54, 1.807) is 0 Å². The van der Waals surface area contributed by atoms with Gasteiger partial charge >= 0.3 is 0 Å². The molecule has 1 atom stereocenters. The third-order valence-corrected chi connectivity index (χ3v) is 7.12. The molecule has 0 saturated carbocycles. The normalized spacial score (nSPS) is 19.7. The number of benzene rings is 1. The molecular formula is C11H15OS2+. The van der Waals surface area contributed by atoms with Crippen LogP contribution in [0.2, 0.25) is 0 Å². The van der Waals surface area contributed by atoms with E-state index in [-0.39, 0.29) is 0 Å². The van der Waals surface area contributed by atoms with Crippen molar-refractivity contribution >= 4 is 21.7 Å². The lowest BCUT2D eigenvalue weighted by molar-refractivity contribution is 0.686. The second-order valence-electron chi connectivity index (χ2n) is 3.50. The lowest BCUT2D eigenvalue weighted by Crippen LogP contribution is -2.13. The van der Waals surface area contributed by atoms with Gasteiger partial charge < -0.3 is 0 Å². The van der Waals surface area contributed by atoms with Gasteiger partial charge in [-0.05, 0) is 25.0 Å². The van der Waals surface area contributed by atoms with Crippen LogP contribution < -0.4 is 0 Å². The van der Waals surface area contributed by atoms with E-state index in [0.29, 0.717) is 10.9 Å². The van der Waals surface area contributed by atoms with Crippen LogP contribution >= 0.6 is 0 Å². The molecule has 3 heteroatoms. The van der Waals surface area contributed by atoms with E-state index in [9.17, 15) is 4.21 Å². The van der Waals surface area contributed by atoms with Crippen LogP contribution in [-0.2, 0) is 21.7 Å². The zero-order valence-corrected chi connectivity index (χ0v) is 9.78. The van der Waals surface area contributed by atoms with Crippen molar-refractivity contribution in [3.05, 3.63) is 30.3 Å². The molecule has 1 aliphatic heterocycles. The lowest BCUT2D eigenvalue weighted by atomic mass is 10.4. The zero-order valence-electron chi connectivity index (χ0n) is 8.15. The van der Waals surface area contributed by atoms with Crippen molar-refractivity contribution in [3.8, 4) is 0 Å². The molecule has 0 spiro atoms. The minimum absolute atomic E-state index is 0.442. The molecule has 1 aromatic carbocycles. The fourth-order valence-corrected chi connectivity index (χ4v) is 6.21. The second kappa shape index (κ2) is 4.99. The van der Waals surface area contributed by atoms with Gasteiger partial charge in [0.05, 0.1) is 0 Å². The quantitative estimate of drug-likeness (QED) is 0.723. The molecule has 2 rings (SSSR count). The minimum Gasteiger partial charge on any atom is -0.249 e. The van der Waals surface area contributed by atoms with E-state index in [0.717, 1.165) is 9.98 Å². The monoisotopic (exact) mass is 227 g/mol. The Morgan fingerprint density at radius 1 is 1.14 bits per heavy atom. The molecule has 1 heterocycles. The van der Waals surface area contributed by atoms with Gasteiger partial charge in [0, 0.05) is 15.8 Å². The van der Waals surface area contributed by atoms with Gasteiger partial charge in [-0.3, -0.25) is 0 Å². The van der Waals surface area contributed by atoms with Crippen LogP contribution in [-0.4, -0.2) is 20.8 Å². The number of rotatable bonds is 3. The maximum absolute atomic E-state index is 11.9. The van der Waals surface area contributed by atoms with Crippen LogP contribution in [0.4, 0.5) is 0 Å². The molecule has 0 amide bonds. The Bertz CT molecular complexity index is 304. The lowest BCUT2D eigenvalue weighted by Gasteiger charge is -2.01. The Morgan fingerprint density at radius 2 is 1.79 bits per heavy atom. The van der Waals surface area contributed by atoms with Gasteiger partial charge in [-0.25, -0.2) is 4.21 Å². The molecule has 0 radical (unpaired) electrons. The van der Waals surface area contributed by atoms with Crippen LogP contribution in [0.25, 0.3) is 0 Å². The molecule has 1 aromatic rings. The van der Waals surface area contributed by atoms with Crippen molar-refractivity contribution in [3.63, 3.8) is 0 Å². The summed E-state index contributed by atoms with van der Waals surface area (Å²) in [5, 5.41) is 0.893. The third-order valence-electron chi connectivity index (χ3n) is 2.40.